The normalized spacial score (nSPS) is 36.2. The molecule has 2 rings (SSSR count). The fraction of sp³-hybridized carbons (Fsp3) is 1.00. The fourth-order valence-electron chi connectivity index (χ4n) is 2.58. The van der Waals surface area contributed by atoms with E-state index >= 15 is 0 Å². The Labute approximate surface area is 112 Å². The first-order valence-electron chi connectivity index (χ1n) is 5.81. The van der Waals surface area contributed by atoms with Crippen LogP contribution in [0.1, 0.15) is 6.42 Å². The molecule has 2 aliphatic heterocycles. The van der Waals surface area contributed by atoms with Crippen molar-refractivity contribution in [2.75, 3.05) is 42.4 Å². The fourth-order valence-corrected chi connectivity index (χ4v) is 7.00. The van der Waals surface area contributed by atoms with E-state index in [0.29, 0.717) is 12.3 Å². The van der Waals surface area contributed by atoms with Crippen molar-refractivity contribution in [3.8, 4) is 0 Å². The van der Waals surface area contributed by atoms with E-state index in [1.165, 1.54) is 6.26 Å². The van der Waals surface area contributed by atoms with E-state index in [0.717, 1.165) is 30.2 Å². The minimum atomic E-state index is -3.02. The van der Waals surface area contributed by atoms with Crippen molar-refractivity contribution < 1.29 is 8.42 Å². The summed E-state index contributed by atoms with van der Waals surface area (Å²) in [4.78, 5) is 2.18. The number of sulfone groups is 1. The molecule has 2 saturated heterocycles. The van der Waals surface area contributed by atoms with E-state index in [1.54, 1.807) is 11.8 Å². The topological polar surface area (TPSA) is 63.4 Å². The van der Waals surface area contributed by atoms with Gasteiger partial charge in [0.15, 0.2) is 9.84 Å². The second-order valence-corrected chi connectivity index (χ2v) is 9.24. The van der Waals surface area contributed by atoms with Gasteiger partial charge in [-0.1, -0.05) is 0 Å². The molecular weight excluding hydrogens is 276 g/mol. The molecule has 0 aromatic rings. The third-order valence-electron chi connectivity index (χ3n) is 3.65. The SMILES string of the molecule is CS(=O)(=O)C1CSCCN1C1(CN)CCSC1. The van der Waals surface area contributed by atoms with E-state index in [4.69, 9.17) is 5.73 Å². The molecule has 0 radical (unpaired) electrons. The minimum Gasteiger partial charge on any atom is -0.329 e. The van der Waals surface area contributed by atoms with E-state index in [2.05, 4.69) is 4.90 Å². The first-order valence-corrected chi connectivity index (χ1v) is 10.1. The molecule has 0 saturated carbocycles. The average molecular weight is 296 g/mol. The van der Waals surface area contributed by atoms with Gasteiger partial charge in [0.1, 0.15) is 5.37 Å². The number of nitrogens with two attached hydrogens (primary N) is 1. The highest BCUT2D eigenvalue weighted by Crippen LogP contribution is 2.37. The summed E-state index contributed by atoms with van der Waals surface area (Å²) in [6.45, 7) is 1.41. The lowest BCUT2D eigenvalue weighted by molar-refractivity contribution is 0.112. The number of rotatable bonds is 3. The Morgan fingerprint density at radius 1 is 1.41 bits per heavy atom. The van der Waals surface area contributed by atoms with Crippen LogP contribution < -0.4 is 5.73 Å². The quantitative estimate of drug-likeness (QED) is 0.805. The lowest BCUT2D eigenvalue weighted by Gasteiger charge is -2.46. The van der Waals surface area contributed by atoms with Crippen molar-refractivity contribution in [1.29, 1.82) is 0 Å². The van der Waals surface area contributed by atoms with Crippen LogP contribution in [0.15, 0.2) is 0 Å². The largest absolute Gasteiger partial charge is 0.329 e. The number of hydrogen-bond acceptors (Lipinski definition) is 6. The van der Waals surface area contributed by atoms with Crippen LogP contribution in [0.5, 0.6) is 0 Å². The lowest BCUT2D eigenvalue weighted by atomic mass is 9.96. The molecule has 0 aromatic carbocycles. The van der Waals surface area contributed by atoms with Crippen LogP contribution in [0.4, 0.5) is 0 Å². The molecule has 4 nitrogen and oxygen atoms in total. The smallest absolute Gasteiger partial charge is 0.164 e. The second-order valence-electron chi connectivity index (χ2n) is 4.78. The summed E-state index contributed by atoms with van der Waals surface area (Å²) in [5, 5.41) is -0.344. The van der Waals surface area contributed by atoms with Gasteiger partial charge in [0.2, 0.25) is 0 Å². The van der Waals surface area contributed by atoms with E-state index in [-0.39, 0.29) is 10.9 Å². The Morgan fingerprint density at radius 2 is 2.18 bits per heavy atom. The van der Waals surface area contributed by atoms with Crippen molar-refractivity contribution in [2.24, 2.45) is 5.73 Å². The van der Waals surface area contributed by atoms with Gasteiger partial charge in [-0.15, -0.1) is 0 Å². The van der Waals surface area contributed by atoms with Gasteiger partial charge in [-0.25, -0.2) is 8.42 Å². The van der Waals surface area contributed by atoms with E-state index in [9.17, 15) is 8.42 Å². The van der Waals surface area contributed by atoms with Crippen molar-refractivity contribution >= 4 is 33.4 Å². The van der Waals surface area contributed by atoms with Gasteiger partial charge < -0.3 is 5.73 Å². The predicted octanol–water partition coefficient (Wildman–Crippen LogP) is 0.240. The van der Waals surface area contributed by atoms with Gasteiger partial charge in [0.05, 0.1) is 0 Å². The maximum atomic E-state index is 11.9. The Balaban J connectivity index is 2.27. The van der Waals surface area contributed by atoms with Crippen molar-refractivity contribution in [3.05, 3.63) is 0 Å². The molecule has 0 spiro atoms. The molecule has 7 heteroatoms. The number of hydrogen-bond donors (Lipinski definition) is 1. The van der Waals surface area contributed by atoms with Crippen molar-refractivity contribution in [2.45, 2.75) is 17.3 Å². The zero-order valence-corrected chi connectivity index (χ0v) is 12.5. The highest BCUT2D eigenvalue weighted by Gasteiger charge is 2.46. The molecule has 2 unspecified atom stereocenters. The zero-order valence-electron chi connectivity index (χ0n) is 10.1. The molecule has 2 fully saturated rings. The highest BCUT2D eigenvalue weighted by atomic mass is 32.2. The standard InChI is InChI=1S/C10H20N2O2S3/c1-17(13,14)9-6-15-5-3-12(9)10(7-11)2-4-16-8-10/h9H,2-8,11H2,1H3. The van der Waals surface area contributed by atoms with Crippen molar-refractivity contribution in [3.63, 3.8) is 0 Å². The predicted molar refractivity (Wildman–Crippen MR) is 76.4 cm³/mol. The van der Waals surface area contributed by atoms with Gasteiger partial charge in [0.25, 0.3) is 0 Å². The van der Waals surface area contributed by atoms with E-state index in [1.807, 2.05) is 11.8 Å². The minimum absolute atomic E-state index is 0.0839. The number of thioether (sulfide) groups is 2. The van der Waals surface area contributed by atoms with Gasteiger partial charge in [-0.3, -0.25) is 4.90 Å². The molecule has 2 aliphatic rings. The molecule has 2 N–H and O–H groups in total. The lowest BCUT2D eigenvalue weighted by Crippen LogP contribution is -2.62. The Kier molecular flexibility index (Phi) is 4.35. The van der Waals surface area contributed by atoms with Crippen LogP contribution >= 0.6 is 23.5 Å². The molecule has 2 heterocycles. The van der Waals surface area contributed by atoms with Gasteiger partial charge in [0, 0.05) is 42.1 Å². The average Bonchev–Trinajstić information content (AvgIpc) is 2.78. The summed E-state index contributed by atoms with van der Waals surface area (Å²) in [6, 6.07) is 0. The Morgan fingerprint density at radius 3 is 2.71 bits per heavy atom. The summed E-state index contributed by atoms with van der Waals surface area (Å²) < 4.78 is 23.8. The Bertz CT molecular complexity index is 366. The molecule has 0 aliphatic carbocycles. The Hall–Kier alpha value is 0.570. The molecule has 0 aromatic heterocycles. The molecule has 100 valence electrons. The van der Waals surface area contributed by atoms with Crippen LogP contribution in [0.25, 0.3) is 0 Å². The first-order chi connectivity index (χ1) is 7.99. The number of nitrogens with zero attached hydrogens (tertiary/aromatic N) is 1. The maximum Gasteiger partial charge on any atom is 0.164 e. The molecule has 2 atom stereocenters. The van der Waals surface area contributed by atoms with Gasteiger partial charge in [-0.05, 0) is 12.2 Å². The molecule has 0 bridgehead atoms. The van der Waals surface area contributed by atoms with Crippen LogP contribution in [0.2, 0.25) is 0 Å². The van der Waals surface area contributed by atoms with Crippen LogP contribution in [0, 0.1) is 0 Å². The van der Waals surface area contributed by atoms with Crippen molar-refractivity contribution in [1.82, 2.24) is 4.90 Å². The van der Waals surface area contributed by atoms with Crippen LogP contribution in [-0.2, 0) is 9.84 Å². The van der Waals surface area contributed by atoms with Crippen LogP contribution in [-0.4, -0.2) is 66.6 Å². The molecule has 0 amide bonds. The zero-order chi connectivity index (χ0) is 12.5. The van der Waals surface area contributed by atoms with Crippen LogP contribution in [0.3, 0.4) is 0 Å². The van der Waals surface area contributed by atoms with Gasteiger partial charge >= 0.3 is 0 Å². The summed E-state index contributed by atoms with van der Waals surface area (Å²) in [5.74, 6) is 3.77. The summed E-state index contributed by atoms with van der Waals surface area (Å²) in [7, 11) is -3.02. The third-order valence-corrected chi connectivity index (χ3v) is 7.53. The van der Waals surface area contributed by atoms with Gasteiger partial charge in [-0.2, -0.15) is 23.5 Å². The van der Waals surface area contributed by atoms with E-state index < -0.39 is 9.84 Å². The molecule has 17 heavy (non-hydrogen) atoms. The maximum absolute atomic E-state index is 11.9. The second kappa shape index (κ2) is 5.28. The summed E-state index contributed by atoms with van der Waals surface area (Å²) >= 11 is 3.62. The highest BCUT2D eigenvalue weighted by molar-refractivity contribution is 8.01. The summed E-state index contributed by atoms with van der Waals surface area (Å²) in [6.07, 6.45) is 2.37. The monoisotopic (exact) mass is 296 g/mol. The third kappa shape index (κ3) is 2.78. The first kappa shape index (κ1) is 14.0. The molecular formula is C10H20N2O2S3. The summed E-state index contributed by atoms with van der Waals surface area (Å²) in [5.41, 5.74) is 5.86.